The second kappa shape index (κ2) is 7.03. The predicted molar refractivity (Wildman–Crippen MR) is 91.4 cm³/mol. The van der Waals surface area contributed by atoms with Gasteiger partial charge in [0.15, 0.2) is 0 Å². The second-order valence-corrected chi connectivity index (χ2v) is 6.68. The van der Waals surface area contributed by atoms with E-state index in [9.17, 15) is 9.59 Å². The third-order valence-electron chi connectivity index (χ3n) is 2.90. The van der Waals surface area contributed by atoms with Gasteiger partial charge in [0.2, 0.25) is 0 Å². The molecule has 0 N–H and O–H groups in total. The fourth-order valence-corrected chi connectivity index (χ4v) is 3.39. The Labute approximate surface area is 142 Å². The van der Waals surface area contributed by atoms with Crippen LogP contribution in [0, 0.1) is 12.3 Å². The number of imide groups is 1. The summed E-state index contributed by atoms with van der Waals surface area (Å²) in [5.41, 5.74) is 0.800. The number of rotatable bonds is 4. The van der Waals surface area contributed by atoms with Gasteiger partial charge < -0.3 is 4.74 Å². The molecule has 4 nitrogen and oxygen atoms in total. The van der Waals surface area contributed by atoms with E-state index in [1.165, 1.54) is 4.90 Å². The molecule has 1 fully saturated rings. The van der Waals surface area contributed by atoms with E-state index in [-0.39, 0.29) is 23.8 Å². The van der Waals surface area contributed by atoms with Gasteiger partial charge in [-0.2, -0.15) is 0 Å². The number of thioether (sulfide) groups is 1. The highest BCUT2D eigenvalue weighted by Gasteiger charge is 2.36. The number of nitrogens with zero attached hydrogens (tertiary/aromatic N) is 1. The standard InChI is InChI=1S/C16H14BrNO3S/c1-4-7-21-13-6-5-11(8-12(13)17)9-14-15(19)18(10(2)3)16(20)22-14/h1,5-6,8-10H,7H2,2-3H3/b14-9-. The van der Waals surface area contributed by atoms with Crippen molar-refractivity contribution in [3.63, 3.8) is 0 Å². The Morgan fingerprint density at radius 1 is 1.45 bits per heavy atom. The zero-order chi connectivity index (χ0) is 16.3. The Bertz CT molecular complexity index is 691. The third kappa shape index (κ3) is 3.54. The highest BCUT2D eigenvalue weighted by atomic mass is 79.9. The minimum Gasteiger partial charge on any atom is -0.480 e. The largest absolute Gasteiger partial charge is 0.480 e. The number of carbonyl (C=O) groups excluding carboxylic acids is 2. The van der Waals surface area contributed by atoms with Gasteiger partial charge in [-0.25, -0.2) is 0 Å². The molecule has 0 radical (unpaired) electrons. The van der Waals surface area contributed by atoms with Gasteiger partial charge in [0.05, 0.1) is 9.38 Å². The van der Waals surface area contributed by atoms with Crippen molar-refractivity contribution >= 4 is 44.9 Å². The molecule has 1 aliphatic rings. The average molecular weight is 380 g/mol. The maximum absolute atomic E-state index is 12.2. The monoisotopic (exact) mass is 379 g/mol. The molecule has 2 amide bonds. The number of terminal acetylenes is 1. The van der Waals surface area contributed by atoms with Crippen LogP contribution in [-0.2, 0) is 4.79 Å². The van der Waals surface area contributed by atoms with Gasteiger partial charge >= 0.3 is 0 Å². The van der Waals surface area contributed by atoms with E-state index in [1.807, 2.05) is 19.9 Å². The third-order valence-corrected chi connectivity index (χ3v) is 4.41. The molecule has 2 rings (SSSR count). The number of hydrogen-bond acceptors (Lipinski definition) is 4. The molecule has 6 heteroatoms. The van der Waals surface area contributed by atoms with Crippen LogP contribution in [0.5, 0.6) is 5.75 Å². The van der Waals surface area contributed by atoms with Crippen LogP contribution in [0.4, 0.5) is 4.79 Å². The minimum atomic E-state index is -0.256. The fraction of sp³-hybridized carbons (Fsp3) is 0.250. The Morgan fingerprint density at radius 3 is 2.73 bits per heavy atom. The SMILES string of the molecule is C#CCOc1ccc(/C=C2\SC(=O)N(C(C)C)C2=O)cc1Br. The van der Waals surface area contributed by atoms with Crippen LogP contribution < -0.4 is 4.74 Å². The van der Waals surface area contributed by atoms with E-state index in [1.54, 1.807) is 18.2 Å². The molecule has 0 bridgehead atoms. The van der Waals surface area contributed by atoms with E-state index in [0.717, 1.165) is 21.8 Å². The lowest BCUT2D eigenvalue weighted by Crippen LogP contribution is -2.34. The van der Waals surface area contributed by atoms with Crippen LogP contribution >= 0.6 is 27.7 Å². The highest BCUT2D eigenvalue weighted by Crippen LogP contribution is 2.34. The first-order valence-corrected chi connectivity index (χ1v) is 8.18. The highest BCUT2D eigenvalue weighted by molar-refractivity contribution is 9.10. The van der Waals surface area contributed by atoms with Gasteiger partial charge in [-0.1, -0.05) is 12.0 Å². The van der Waals surface area contributed by atoms with Gasteiger partial charge in [0.1, 0.15) is 12.4 Å². The van der Waals surface area contributed by atoms with Crippen molar-refractivity contribution in [2.75, 3.05) is 6.61 Å². The molecule has 1 aliphatic heterocycles. The smallest absolute Gasteiger partial charge is 0.293 e. The molecule has 0 saturated carbocycles. The average Bonchev–Trinajstić information content (AvgIpc) is 2.72. The van der Waals surface area contributed by atoms with E-state index in [4.69, 9.17) is 11.2 Å². The molecule has 0 atom stereocenters. The van der Waals surface area contributed by atoms with Crippen LogP contribution in [0.1, 0.15) is 19.4 Å². The lowest BCUT2D eigenvalue weighted by Gasteiger charge is -2.16. The summed E-state index contributed by atoms with van der Waals surface area (Å²) in [5, 5.41) is -0.237. The molecule has 22 heavy (non-hydrogen) atoms. The lowest BCUT2D eigenvalue weighted by atomic mass is 10.2. The fourth-order valence-electron chi connectivity index (χ4n) is 1.92. The second-order valence-electron chi connectivity index (χ2n) is 4.83. The van der Waals surface area contributed by atoms with Gasteiger partial charge in [0, 0.05) is 6.04 Å². The van der Waals surface area contributed by atoms with E-state index in [0.29, 0.717) is 10.7 Å². The number of benzene rings is 1. The van der Waals surface area contributed by atoms with Crippen molar-refractivity contribution in [2.24, 2.45) is 0 Å². The molecule has 0 aromatic heterocycles. The molecular weight excluding hydrogens is 366 g/mol. The van der Waals surface area contributed by atoms with Crippen molar-refractivity contribution in [3.8, 4) is 18.1 Å². The first-order chi connectivity index (χ1) is 10.4. The summed E-state index contributed by atoms with van der Waals surface area (Å²) in [7, 11) is 0. The van der Waals surface area contributed by atoms with E-state index in [2.05, 4.69) is 21.9 Å². The number of carbonyl (C=O) groups is 2. The van der Waals surface area contributed by atoms with Crippen LogP contribution in [0.25, 0.3) is 6.08 Å². The molecule has 1 saturated heterocycles. The van der Waals surface area contributed by atoms with Crippen LogP contribution in [0.3, 0.4) is 0 Å². The summed E-state index contributed by atoms with van der Waals surface area (Å²) in [6, 6.07) is 5.24. The number of halogens is 1. The Kier molecular flexibility index (Phi) is 5.33. The predicted octanol–water partition coefficient (Wildman–Crippen LogP) is 3.91. The quantitative estimate of drug-likeness (QED) is 0.587. The van der Waals surface area contributed by atoms with E-state index < -0.39 is 0 Å². The number of hydrogen-bond donors (Lipinski definition) is 0. The molecule has 1 heterocycles. The van der Waals surface area contributed by atoms with Gasteiger partial charge in [-0.15, -0.1) is 6.42 Å². The normalized spacial score (nSPS) is 16.5. The molecule has 0 spiro atoms. The van der Waals surface area contributed by atoms with Crippen molar-refractivity contribution in [3.05, 3.63) is 33.1 Å². The molecule has 0 unspecified atom stereocenters. The molecule has 1 aromatic rings. The Morgan fingerprint density at radius 2 is 2.18 bits per heavy atom. The zero-order valence-electron chi connectivity index (χ0n) is 12.1. The topological polar surface area (TPSA) is 46.6 Å². The Hall–Kier alpha value is -1.71. The summed E-state index contributed by atoms with van der Waals surface area (Å²) < 4.78 is 6.10. The van der Waals surface area contributed by atoms with Crippen molar-refractivity contribution < 1.29 is 14.3 Å². The minimum absolute atomic E-state index is 0.148. The van der Waals surface area contributed by atoms with Crippen LogP contribution in [0.2, 0.25) is 0 Å². The van der Waals surface area contributed by atoms with Crippen molar-refractivity contribution in [2.45, 2.75) is 19.9 Å². The zero-order valence-corrected chi connectivity index (χ0v) is 14.5. The van der Waals surface area contributed by atoms with Crippen LogP contribution in [-0.4, -0.2) is 28.7 Å². The summed E-state index contributed by atoms with van der Waals surface area (Å²) in [6.45, 7) is 3.81. The Balaban J connectivity index is 2.24. The summed E-state index contributed by atoms with van der Waals surface area (Å²) in [6.07, 6.45) is 6.85. The molecule has 0 aliphatic carbocycles. The van der Waals surface area contributed by atoms with E-state index >= 15 is 0 Å². The van der Waals surface area contributed by atoms with Crippen LogP contribution in [0.15, 0.2) is 27.6 Å². The van der Waals surface area contributed by atoms with Crippen molar-refractivity contribution in [1.82, 2.24) is 4.90 Å². The first-order valence-electron chi connectivity index (χ1n) is 6.57. The number of amides is 2. The van der Waals surface area contributed by atoms with Crippen molar-refractivity contribution in [1.29, 1.82) is 0 Å². The maximum Gasteiger partial charge on any atom is 0.293 e. The molecular formula is C16H14BrNO3S. The maximum atomic E-state index is 12.2. The first kappa shape index (κ1) is 16.7. The summed E-state index contributed by atoms with van der Waals surface area (Å²) in [4.78, 5) is 25.7. The van der Waals surface area contributed by atoms with Gasteiger partial charge in [-0.3, -0.25) is 14.5 Å². The number of ether oxygens (including phenoxy) is 1. The molecule has 1 aromatic carbocycles. The van der Waals surface area contributed by atoms with Gasteiger partial charge in [-0.05, 0) is 65.3 Å². The van der Waals surface area contributed by atoms with Gasteiger partial charge in [0.25, 0.3) is 11.1 Å². The molecule has 114 valence electrons. The summed E-state index contributed by atoms with van der Waals surface area (Å²) >= 11 is 4.35. The lowest BCUT2D eigenvalue weighted by molar-refractivity contribution is -0.123. The summed E-state index contributed by atoms with van der Waals surface area (Å²) in [5.74, 6) is 2.77.